The minimum absolute atomic E-state index is 0. The molecule has 0 spiro atoms. The van der Waals surface area contributed by atoms with Gasteiger partial charge in [-0.2, -0.15) is 0 Å². The molecule has 0 fully saturated rings. The molecule has 0 saturated heterocycles. The Balaban J connectivity index is 0.00000504. The minimum atomic E-state index is -0.183. The Morgan fingerprint density at radius 3 is 0.961 bits per heavy atom. The highest BCUT2D eigenvalue weighted by atomic mass is 79.9. The van der Waals surface area contributed by atoms with Gasteiger partial charge in [-0.25, -0.2) is 0 Å². The lowest BCUT2D eigenvalue weighted by Gasteiger charge is -2.27. The molecule has 270 valence electrons. The second-order valence-corrected chi connectivity index (χ2v) is 13.7. The molecule has 0 atom stereocenters. The quantitative estimate of drug-likeness (QED) is 0.0656. The van der Waals surface area contributed by atoms with Crippen LogP contribution in [0.1, 0.15) is 118 Å². The van der Waals surface area contributed by atoms with Crippen molar-refractivity contribution in [3.05, 3.63) is 95.1 Å². The van der Waals surface area contributed by atoms with Gasteiger partial charge in [-0.15, -0.1) is 17.0 Å². The van der Waals surface area contributed by atoms with E-state index in [-0.39, 0.29) is 40.6 Å². The zero-order valence-corrected chi connectivity index (χ0v) is 31.3. The number of imide groups is 2. The number of rotatable bonds is 21. The van der Waals surface area contributed by atoms with Gasteiger partial charge in [0.15, 0.2) is 0 Å². The lowest BCUT2D eigenvalue weighted by molar-refractivity contribution is 0.0593. The number of nitrogens with one attached hydrogen (secondary N) is 2. The molecule has 0 unspecified atom stereocenters. The second kappa shape index (κ2) is 19.1. The van der Waals surface area contributed by atoms with Gasteiger partial charge in [0.05, 0.1) is 0 Å². The molecule has 4 aromatic rings. The van der Waals surface area contributed by atoms with Crippen molar-refractivity contribution in [2.45, 2.75) is 77.0 Å². The maximum atomic E-state index is 13.0. The number of halogens is 1. The predicted molar refractivity (Wildman–Crippen MR) is 210 cm³/mol. The molecule has 51 heavy (non-hydrogen) atoms. The first-order valence-corrected chi connectivity index (χ1v) is 18.7. The highest BCUT2D eigenvalue weighted by Crippen LogP contribution is 2.31. The first-order chi connectivity index (χ1) is 24.6. The van der Waals surface area contributed by atoms with E-state index in [1.165, 1.54) is 61.2 Å². The fourth-order valence-corrected chi connectivity index (χ4v) is 7.46. The van der Waals surface area contributed by atoms with Gasteiger partial charge in [0.25, 0.3) is 23.6 Å². The van der Waals surface area contributed by atoms with E-state index in [9.17, 15) is 19.2 Å². The van der Waals surface area contributed by atoms with Crippen molar-refractivity contribution in [3.63, 3.8) is 0 Å². The Labute approximate surface area is 312 Å². The molecule has 6 rings (SSSR count). The van der Waals surface area contributed by atoms with E-state index in [2.05, 4.69) is 10.6 Å². The zero-order chi connectivity index (χ0) is 34.7. The summed E-state index contributed by atoms with van der Waals surface area (Å²) in [5, 5.41) is 10.4. The molecular weight excluding hydrogens is 704 g/mol. The van der Waals surface area contributed by atoms with Crippen LogP contribution >= 0.6 is 17.0 Å². The van der Waals surface area contributed by atoms with Crippen molar-refractivity contribution in [1.29, 1.82) is 0 Å². The van der Waals surface area contributed by atoms with Crippen LogP contribution in [0.4, 0.5) is 0 Å². The van der Waals surface area contributed by atoms with Crippen LogP contribution in [-0.2, 0) is 0 Å². The van der Waals surface area contributed by atoms with E-state index >= 15 is 0 Å². The summed E-state index contributed by atoms with van der Waals surface area (Å²) in [4.78, 5) is 54.8. The van der Waals surface area contributed by atoms with E-state index < -0.39 is 0 Å². The van der Waals surface area contributed by atoms with Crippen molar-refractivity contribution < 1.29 is 19.2 Å². The van der Waals surface area contributed by atoms with Gasteiger partial charge in [-0.05, 0) is 86.9 Å². The fraction of sp³-hybridized carbons (Fsp3) is 0.429. The number of nitrogens with zero attached hydrogens (tertiary/aromatic N) is 2. The van der Waals surface area contributed by atoms with Crippen molar-refractivity contribution in [1.82, 2.24) is 20.4 Å². The SMILES string of the molecule is Br.O=C1c2cccc3cccc(c23)C(=O)N1CCCNCCCCCCCCCCCCNCCCN1C(=O)c2cccc3cccc(c23)C1=O. The van der Waals surface area contributed by atoms with Crippen LogP contribution in [0.5, 0.6) is 0 Å². The highest BCUT2D eigenvalue weighted by Gasteiger charge is 2.33. The number of carbonyl (C=O) groups is 4. The average molecular weight is 756 g/mol. The van der Waals surface area contributed by atoms with Gasteiger partial charge in [-0.1, -0.05) is 99.9 Å². The normalized spacial score (nSPS) is 13.8. The lowest BCUT2D eigenvalue weighted by Crippen LogP contribution is -2.41. The number of amides is 4. The molecular formula is C42H51BrN4O4. The molecule has 2 aliphatic rings. The largest absolute Gasteiger partial charge is 0.317 e. The Hall–Kier alpha value is -3.92. The molecule has 2 aliphatic heterocycles. The van der Waals surface area contributed by atoms with E-state index in [1.807, 2.05) is 72.8 Å². The summed E-state index contributed by atoms with van der Waals surface area (Å²) in [5.41, 5.74) is 2.50. The zero-order valence-electron chi connectivity index (χ0n) is 29.6. The standard InChI is InChI=1S/C42H50N4O4.BrH/c47-39-33-21-11-17-31-18-12-22-34(37(31)33)40(48)45(39)29-15-27-43-25-9-7-5-3-1-2-4-6-8-10-26-44-28-16-30-46-41(49)35-23-13-19-32-20-14-24-36(38(32)35)42(46)50;/h11-14,17-24,43-44H,1-10,15-16,25-30H2;1H. The van der Waals surface area contributed by atoms with Crippen LogP contribution < -0.4 is 10.6 Å². The van der Waals surface area contributed by atoms with Crippen LogP contribution in [0.3, 0.4) is 0 Å². The maximum Gasteiger partial charge on any atom is 0.261 e. The van der Waals surface area contributed by atoms with Crippen LogP contribution in [0.15, 0.2) is 72.8 Å². The third kappa shape index (κ3) is 9.12. The average Bonchev–Trinajstić information content (AvgIpc) is 3.14. The number of carbonyl (C=O) groups excluding carboxylic acids is 4. The molecule has 0 aliphatic carbocycles. The molecule has 0 radical (unpaired) electrons. The van der Waals surface area contributed by atoms with Crippen LogP contribution in [0.25, 0.3) is 21.5 Å². The molecule has 9 heteroatoms. The van der Waals surface area contributed by atoms with E-state index in [0.29, 0.717) is 35.3 Å². The van der Waals surface area contributed by atoms with Crippen LogP contribution in [0.2, 0.25) is 0 Å². The number of unbranched alkanes of at least 4 members (excludes halogenated alkanes) is 9. The van der Waals surface area contributed by atoms with E-state index in [4.69, 9.17) is 0 Å². The second-order valence-electron chi connectivity index (χ2n) is 13.7. The summed E-state index contributed by atoms with van der Waals surface area (Å²) in [5.74, 6) is -0.732. The monoisotopic (exact) mass is 754 g/mol. The van der Waals surface area contributed by atoms with Crippen molar-refractivity contribution in [2.24, 2.45) is 0 Å². The summed E-state index contributed by atoms with van der Waals surface area (Å²) < 4.78 is 0. The van der Waals surface area contributed by atoms with Gasteiger partial charge in [0.2, 0.25) is 0 Å². The fourth-order valence-electron chi connectivity index (χ4n) is 7.46. The van der Waals surface area contributed by atoms with Crippen LogP contribution in [-0.4, -0.2) is 72.7 Å². The summed E-state index contributed by atoms with van der Waals surface area (Å²) in [6, 6.07) is 22.6. The van der Waals surface area contributed by atoms with Gasteiger partial charge < -0.3 is 10.6 Å². The van der Waals surface area contributed by atoms with Crippen molar-refractivity contribution >= 4 is 62.2 Å². The van der Waals surface area contributed by atoms with Gasteiger partial charge in [0.1, 0.15) is 0 Å². The summed E-state index contributed by atoms with van der Waals surface area (Å²) in [6.45, 7) is 4.41. The van der Waals surface area contributed by atoms with E-state index in [1.54, 1.807) is 0 Å². The molecule has 0 saturated carbocycles. The first kappa shape index (κ1) is 38.3. The number of hydrogen-bond donors (Lipinski definition) is 2. The third-order valence-corrected chi connectivity index (χ3v) is 10.1. The summed E-state index contributed by atoms with van der Waals surface area (Å²) in [7, 11) is 0. The number of hydrogen-bond acceptors (Lipinski definition) is 6. The Morgan fingerprint density at radius 1 is 0.373 bits per heavy atom. The molecule has 8 nitrogen and oxygen atoms in total. The number of benzene rings is 4. The molecule has 2 heterocycles. The third-order valence-electron chi connectivity index (χ3n) is 10.1. The molecule has 0 aromatic heterocycles. The summed E-state index contributed by atoms with van der Waals surface area (Å²) in [6.07, 6.45) is 14.0. The van der Waals surface area contributed by atoms with Gasteiger partial charge >= 0.3 is 0 Å². The van der Waals surface area contributed by atoms with Crippen molar-refractivity contribution in [3.8, 4) is 0 Å². The molecule has 2 N–H and O–H groups in total. The first-order valence-electron chi connectivity index (χ1n) is 18.7. The maximum absolute atomic E-state index is 13.0. The Bertz CT molecular complexity index is 1610. The minimum Gasteiger partial charge on any atom is -0.317 e. The lowest BCUT2D eigenvalue weighted by atomic mass is 9.94. The van der Waals surface area contributed by atoms with Crippen molar-refractivity contribution in [2.75, 3.05) is 39.3 Å². The molecule has 4 aromatic carbocycles. The van der Waals surface area contributed by atoms with Gasteiger partial charge in [0, 0.05) is 46.1 Å². The Kier molecular flexibility index (Phi) is 14.3. The predicted octanol–water partition coefficient (Wildman–Crippen LogP) is 8.32. The molecule has 0 bridgehead atoms. The van der Waals surface area contributed by atoms with Crippen LogP contribution in [0, 0.1) is 0 Å². The molecule has 4 amide bonds. The Morgan fingerprint density at radius 2 is 0.647 bits per heavy atom. The van der Waals surface area contributed by atoms with Gasteiger partial charge in [-0.3, -0.25) is 29.0 Å². The topological polar surface area (TPSA) is 98.8 Å². The smallest absolute Gasteiger partial charge is 0.261 e. The summed E-state index contributed by atoms with van der Waals surface area (Å²) >= 11 is 0. The highest BCUT2D eigenvalue weighted by molar-refractivity contribution is 8.93. The van der Waals surface area contributed by atoms with E-state index in [0.717, 1.165) is 73.4 Å².